The molecule has 0 spiro atoms. The Balaban J connectivity index is 2.48. The molecule has 6 heteroatoms. The lowest BCUT2D eigenvalue weighted by Gasteiger charge is -2.10. The van der Waals surface area contributed by atoms with Crippen LogP contribution in [0.15, 0.2) is 24.3 Å². The highest BCUT2D eigenvalue weighted by molar-refractivity contribution is 5.46. The number of alkyl halides is 3. The minimum atomic E-state index is -4.66. The first-order valence-corrected chi connectivity index (χ1v) is 4.72. The molecule has 2 N–H and O–H groups in total. The molecule has 0 fully saturated rings. The van der Waals surface area contributed by atoms with Gasteiger partial charge in [-0.3, -0.25) is 0 Å². The van der Waals surface area contributed by atoms with Gasteiger partial charge < -0.3 is 15.2 Å². The van der Waals surface area contributed by atoms with Crippen molar-refractivity contribution in [2.75, 3.05) is 18.5 Å². The molecule has 0 atom stereocenters. The maximum Gasteiger partial charge on any atom is 0.573 e. The standard InChI is InChI=1S/C10H12F3NO2/c11-10(12,13)16-9-4-2-8(3-5-9)14-6-1-7-15/h2-5,14-15H,1,6-7H2. The number of hydrogen-bond donors (Lipinski definition) is 2. The van der Waals surface area contributed by atoms with Crippen LogP contribution in [-0.2, 0) is 0 Å². The van der Waals surface area contributed by atoms with Gasteiger partial charge in [0.15, 0.2) is 0 Å². The molecule has 0 saturated heterocycles. The summed E-state index contributed by atoms with van der Waals surface area (Å²) >= 11 is 0. The molecule has 1 aromatic carbocycles. The third-order valence-corrected chi connectivity index (χ3v) is 1.75. The zero-order chi connectivity index (χ0) is 12.0. The summed E-state index contributed by atoms with van der Waals surface area (Å²) in [5.74, 6) is -0.250. The molecule has 16 heavy (non-hydrogen) atoms. The SMILES string of the molecule is OCCCNc1ccc(OC(F)(F)F)cc1. The fraction of sp³-hybridized carbons (Fsp3) is 0.400. The van der Waals surface area contributed by atoms with E-state index in [0.717, 1.165) is 0 Å². The Morgan fingerprint density at radius 1 is 1.19 bits per heavy atom. The van der Waals surface area contributed by atoms with Crippen molar-refractivity contribution >= 4 is 5.69 Å². The number of rotatable bonds is 5. The summed E-state index contributed by atoms with van der Waals surface area (Å²) in [5.41, 5.74) is 0.683. The van der Waals surface area contributed by atoms with Crippen molar-refractivity contribution in [1.29, 1.82) is 0 Å². The van der Waals surface area contributed by atoms with Gasteiger partial charge in [0, 0.05) is 18.8 Å². The maximum absolute atomic E-state index is 11.8. The number of aliphatic hydroxyl groups is 1. The van der Waals surface area contributed by atoms with E-state index in [1.165, 1.54) is 24.3 Å². The van der Waals surface area contributed by atoms with Crippen LogP contribution in [0.3, 0.4) is 0 Å². The van der Waals surface area contributed by atoms with Gasteiger partial charge in [-0.05, 0) is 30.7 Å². The molecule has 0 aliphatic heterocycles. The molecule has 1 aromatic rings. The third kappa shape index (κ3) is 4.88. The van der Waals surface area contributed by atoms with E-state index in [1.807, 2.05) is 0 Å². The lowest BCUT2D eigenvalue weighted by atomic mass is 10.3. The van der Waals surface area contributed by atoms with Gasteiger partial charge in [0.25, 0.3) is 0 Å². The van der Waals surface area contributed by atoms with Crippen LogP contribution < -0.4 is 10.1 Å². The average molecular weight is 235 g/mol. The van der Waals surface area contributed by atoms with Crippen molar-refractivity contribution in [3.8, 4) is 5.75 Å². The first kappa shape index (κ1) is 12.6. The fourth-order valence-electron chi connectivity index (χ4n) is 1.09. The number of benzene rings is 1. The van der Waals surface area contributed by atoms with Crippen molar-refractivity contribution in [2.45, 2.75) is 12.8 Å². The summed E-state index contributed by atoms with van der Waals surface area (Å²) in [7, 11) is 0. The number of anilines is 1. The molecule has 0 amide bonds. The first-order valence-electron chi connectivity index (χ1n) is 4.72. The second kappa shape index (κ2) is 5.60. The van der Waals surface area contributed by atoms with E-state index in [-0.39, 0.29) is 12.4 Å². The van der Waals surface area contributed by atoms with E-state index in [4.69, 9.17) is 5.11 Å². The zero-order valence-electron chi connectivity index (χ0n) is 8.42. The monoisotopic (exact) mass is 235 g/mol. The highest BCUT2D eigenvalue weighted by atomic mass is 19.4. The molecule has 0 saturated carbocycles. The second-order valence-electron chi connectivity index (χ2n) is 3.08. The Bertz CT molecular complexity index is 311. The number of hydrogen-bond acceptors (Lipinski definition) is 3. The number of halogens is 3. The summed E-state index contributed by atoms with van der Waals surface area (Å²) in [6.45, 7) is 0.637. The van der Waals surface area contributed by atoms with Gasteiger partial charge in [-0.2, -0.15) is 0 Å². The molecule has 1 rings (SSSR count). The van der Waals surface area contributed by atoms with Gasteiger partial charge in [-0.1, -0.05) is 0 Å². The van der Waals surface area contributed by atoms with E-state index >= 15 is 0 Å². The molecular formula is C10H12F3NO2. The van der Waals surface area contributed by atoms with E-state index < -0.39 is 6.36 Å². The van der Waals surface area contributed by atoms with Crippen LogP contribution in [0.4, 0.5) is 18.9 Å². The van der Waals surface area contributed by atoms with Gasteiger partial charge in [0.2, 0.25) is 0 Å². The molecule has 0 aromatic heterocycles. The van der Waals surface area contributed by atoms with Gasteiger partial charge in [0.1, 0.15) is 5.75 Å². The third-order valence-electron chi connectivity index (χ3n) is 1.75. The largest absolute Gasteiger partial charge is 0.573 e. The van der Waals surface area contributed by atoms with Crippen LogP contribution in [-0.4, -0.2) is 24.6 Å². The predicted molar refractivity (Wildman–Crippen MR) is 53.3 cm³/mol. The lowest BCUT2D eigenvalue weighted by Crippen LogP contribution is -2.17. The Labute approximate surface area is 90.8 Å². The molecule has 0 aliphatic rings. The average Bonchev–Trinajstić information content (AvgIpc) is 2.19. The van der Waals surface area contributed by atoms with Crippen LogP contribution in [0, 0.1) is 0 Å². The predicted octanol–water partition coefficient (Wildman–Crippen LogP) is 2.38. The van der Waals surface area contributed by atoms with Gasteiger partial charge >= 0.3 is 6.36 Å². The summed E-state index contributed by atoms with van der Waals surface area (Å²) in [5, 5.41) is 11.5. The summed E-state index contributed by atoms with van der Waals surface area (Å²) < 4.78 is 39.2. The minimum Gasteiger partial charge on any atom is -0.406 e. The van der Waals surface area contributed by atoms with E-state index in [9.17, 15) is 13.2 Å². The van der Waals surface area contributed by atoms with Crippen LogP contribution in [0.5, 0.6) is 5.75 Å². The molecular weight excluding hydrogens is 223 g/mol. The molecule has 0 radical (unpaired) electrons. The smallest absolute Gasteiger partial charge is 0.406 e. The molecule has 0 unspecified atom stereocenters. The van der Waals surface area contributed by atoms with E-state index in [0.29, 0.717) is 18.7 Å². The Morgan fingerprint density at radius 2 is 1.81 bits per heavy atom. The summed E-state index contributed by atoms with van der Waals surface area (Å²) in [6.07, 6.45) is -4.08. The fourth-order valence-corrected chi connectivity index (χ4v) is 1.09. The molecule has 0 heterocycles. The number of nitrogens with one attached hydrogen (secondary N) is 1. The summed E-state index contributed by atoms with van der Waals surface area (Å²) in [4.78, 5) is 0. The van der Waals surface area contributed by atoms with Gasteiger partial charge in [-0.15, -0.1) is 13.2 Å². The number of ether oxygens (including phenoxy) is 1. The van der Waals surface area contributed by atoms with Crippen molar-refractivity contribution < 1.29 is 23.0 Å². The Kier molecular flexibility index (Phi) is 4.42. The molecule has 0 bridgehead atoms. The highest BCUT2D eigenvalue weighted by Gasteiger charge is 2.30. The van der Waals surface area contributed by atoms with Crippen LogP contribution >= 0.6 is 0 Å². The number of aliphatic hydroxyl groups excluding tert-OH is 1. The maximum atomic E-state index is 11.8. The van der Waals surface area contributed by atoms with Crippen molar-refractivity contribution in [1.82, 2.24) is 0 Å². The molecule has 3 nitrogen and oxygen atoms in total. The van der Waals surface area contributed by atoms with Crippen molar-refractivity contribution in [2.24, 2.45) is 0 Å². The lowest BCUT2D eigenvalue weighted by molar-refractivity contribution is -0.274. The second-order valence-corrected chi connectivity index (χ2v) is 3.08. The van der Waals surface area contributed by atoms with Crippen LogP contribution in [0.25, 0.3) is 0 Å². The Hall–Kier alpha value is -1.43. The zero-order valence-corrected chi connectivity index (χ0v) is 8.42. The van der Waals surface area contributed by atoms with E-state index in [2.05, 4.69) is 10.1 Å². The summed E-state index contributed by atoms with van der Waals surface area (Å²) in [6, 6.07) is 5.43. The minimum absolute atomic E-state index is 0.0717. The normalized spacial score (nSPS) is 11.2. The van der Waals surface area contributed by atoms with Gasteiger partial charge in [0.05, 0.1) is 0 Å². The van der Waals surface area contributed by atoms with Crippen LogP contribution in [0.2, 0.25) is 0 Å². The van der Waals surface area contributed by atoms with E-state index in [1.54, 1.807) is 0 Å². The van der Waals surface area contributed by atoms with Crippen molar-refractivity contribution in [3.05, 3.63) is 24.3 Å². The van der Waals surface area contributed by atoms with Crippen LogP contribution in [0.1, 0.15) is 6.42 Å². The topological polar surface area (TPSA) is 41.5 Å². The highest BCUT2D eigenvalue weighted by Crippen LogP contribution is 2.23. The molecule has 0 aliphatic carbocycles. The van der Waals surface area contributed by atoms with Gasteiger partial charge in [-0.25, -0.2) is 0 Å². The van der Waals surface area contributed by atoms with Crippen molar-refractivity contribution in [3.63, 3.8) is 0 Å². The molecule has 90 valence electrons. The Morgan fingerprint density at radius 3 is 2.31 bits per heavy atom. The first-order chi connectivity index (χ1) is 7.51. The quantitative estimate of drug-likeness (QED) is 0.770.